The fourth-order valence-electron chi connectivity index (χ4n) is 4.70. The Balaban J connectivity index is 2.36. The van der Waals surface area contributed by atoms with E-state index >= 15 is 0 Å². The van der Waals surface area contributed by atoms with Gasteiger partial charge in [0.15, 0.2) is 0 Å². The molecule has 0 bridgehead atoms. The maximum absolute atomic E-state index is 13.3. The number of benzene rings is 1. The van der Waals surface area contributed by atoms with Gasteiger partial charge in [0, 0.05) is 0 Å². The molecular weight excluding hydrogens is 482 g/mol. The van der Waals surface area contributed by atoms with Crippen LogP contribution in [0.4, 0.5) is 0 Å². The molecule has 0 unspecified atom stereocenters. The number of aliphatic hydroxyl groups is 1. The van der Waals surface area contributed by atoms with Gasteiger partial charge in [-0.2, -0.15) is 0 Å². The van der Waals surface area contributed by atoms with Gasteiger partial charge in [0.25, 0.3) is 15.9 Å². The van der Waals surface area contributed by atoms with E-state index in [-0.39, 0.29) is 27.9 Å². The number of sulfonamides is 1. The van der Waals surface area contributed by atoms with Gasteiger partial charge in [0.1, 0.15) is 18.0 Å². The van der Waals surface area contributed by atoms with Crippen LogP contribution in [-0.4, -0.2) is 33.9 Å². The van der Waals surface area contributed by atoms with E-state index in [0.29, 0.717) is 5.76 Å². The second-order valence-electron chi connectivity index (χ2n) is 9.83. The number of furan rings is 1. The molecule has 0 fully saturated rings. The summed E-state index contributed by atoms with van der Waals surface area (Å²) in [4.78, 5) is 13.3. The normalized spacial score (nSPS) is 14.7. The van der Waals surface area contributed by atoms with Crippen molar-refractivity contribution in [3.8, 4) is 0 Å². The SMILES string of the molecule is Cc1ccc(S(=O)(=O)NC(=O)[C@@H](/C=C\C[C@H](O)c2ccco2)O[Si](C(C)C)(C(C)C)C(C)C)cc1. The summed E-state index contributed by atoms with van der Waals surface area (Å²) in [6.45, 7) is 14.4. The monoisotopic (exact) mass is 521 g/mol. The number of carbonyl (C=O) groups is 1. The number of aryl methyl sites for hydroxylation is 1. The van der Waals surface area contributed by atoms with E-state index in [1.54, 1.807) is 36.4 Å². The van der Waals surface area contributed by atoms with Gasteiger partial charge in [-0.15, -0.1) is 0 Å². The topological polar surface area (TPSA) is 106 Å². The second-order valence-corrected chi connectivity index (χ2v) is 16.9. The fourth-order valence-corrected chi connectivity index (χ4v) is 11.1. The molecule has 35 heavy (non-hydrogen) atoms. The Morgan fingerprint density at radius 1 is 1.06 bits per heavy atom. The largest absolute Gasteiger partial charge is 0.467 e. The summed E-state index contributed by atoms with van der Waals surface area (Å²) in [7, 11) is -6.61. The lowest BCUT2D eigenvalue weighted by Crippen LogP contribution is -2.53. The van der Waals surface area contributed by atoms with Gasteiger partial charge in [0.2, 0.25) is 8.32 Å². The fraction of sp³-hybridized carbons (Fsp3) is 0.500. The molecule has 0 spiro atoms. The molecule has 0 aliphatic rings. The molecule has 0 saturated carbocycles. The highest BCUT2D eigenvalue weighted by Crippen LogP contribution is 2.43. The Bertz CT molecular complexity index is 1050. The van der Waals surface area contributed by atoms with Crippen molar-refractivity contribution in [2.45, 2.75) is 88.6 Å². The number of amides is 1. The maximum Gasteiger partial charge on any atom is 0.265 e. The van der Waals surface area contributed by atoms with Crippen LogP contribution < -0.4 is 4.72 Å². The molecule has 2 atom stereocenters. The minimum Gasteiger partial charge on any atom is -0.467 e. The molecule has 1 amide bonds. The van der Waals surface area contributed by atoms with Gasteiger partial charge >= 0.3 is 0 Å². The van der Waals surface area contributed by atoms with Gasteiger partial charge in [-0.1, -0.05) is 71.4 Å². The molecular formula is C26H39NO6SSi. The average molecular weight is 522 g/mol. The smallest absolute Gasteiger partial charge is 0.265 e. The highest BCUT2D eigenvalue weighted by Gasteiger charge is 2.47. The number of rotatable bonds is 12. The molecule has 0 saturated heterocycles. The summed E-state index contributed by atoms with van der Waals surface area (Å²) in [5, 5.41) is 10.3. The summed E-state index contributed by atoms with van der Waals surface area (Å²) in [6.07, 6.45) is 2.83. The van der Waals surface area contributed by atoms with Crippen molar-refractivity contribution in [3.63, 3.8) is 0 Å². The Labute approximate surface area is 210 Å². The minimum absolute atomic E-state index is 0.00695. The molecule has 2 N–H and O–H groups in total. The number of hydrogen-bond donors (Lipinski definition) is 2. The third-order valence-corrected chi connectivity index (χ3v) is 13.8. The van der Waals surface area contributed by atoms with E-state index in [1.165, 1.54) is 18.4 Å². The molecule has 2 aromatic rings. The van der Waals surface area contributed by atoms with Crippen molar-refractivity contribution in [2.75, 3.05) is 0 Å². The molecule has 7 nitrogen and oxygen atoms in total. The van der Waals surface area contributed by atoms with Crippen LogP contribution in [0.15, 0.2) is 64.1 Å². The first-order valence-corrected chi connectivity index (χ1v) is 15.6. The van der Waals surface area contributed by atoms with Gasteiger partial charge in [-0.3, -0.25) is 4.79 Å². The lowest BCUT2D eigenvalue weighted by atomic mass is 10.2. The Kier molecular flexibility index (Phi) is 10.1. The van der Waals surface area contributed by atoms with E-state index in [0.717, 1.165) is 5.56 Å². The van der Waals surface area contributed by atoms with Crippen LogP contribution in [0, 0.1) is 6.92 Å². The van der Waals surface area contributed by atoms with Gasteiger partial charge < -0.3 is 13.9 Å². The summed E-state index contributed by atoms with van der Waals surface area (Å²) < 4.78 is 39.9. The molecule has 1 aromatic heterocycles. The van der Waals surface area contributed by atoms with Crippen LogP contribution >= 0.6 is 0 Å². The summed E-state index contributed by atoms with van der Waals surface area (Å²) in [5.41, 5.74) is 1.48. The van der Waals surface area contributed by atoms with Crippen LogP contribution in [0.2, 0.25) is 16.6 Å². The number of nitrogens with one attached hydrogen (secondary N) is 1. The zero-order chi connectivity index (χ0) is 26.4. The van der Waals surface area contributed by atoms with Gasteiger partial charge in [-0.25, -0.2) is 13.1 Å². The third kappa shape index (κ3) is 7.16. The zero-order valence-corrected chi connectivity index (χ0v) is 23.5. The van der Waals surface area contributed by atoms with Crippen LogP contribution in [-0.2, 0) is 19.2 Å². The summed E-state index contributed by atoms with van der Waals surface area (Å²) in [6, 6.07) is 9.64. The molecule has 1 heterocycles. The average Bonchev–Trinajstić information content (AvgIpc) is 3.30. The van der Waals surface area contributed by atoms with Crippen molar-refractivity contribution in [2.24, 2.45) is 0 Å². The van der Waals surface area contributed by atoms with E-state index in [9.17, 15) is 18.3 Å². The Hall–Kier alpha value is -2.20. The highest BCUT2D eigenvalue weighted by molar-refractivity contribution is 7.90. The van der Waals surface area contributed by atoms with Crippen molar-refractivity contribution < 1.29 is 27.2 Å². The van der Waals surface area contributed by atoms with Crippen molar-refractivity contribution in [1.82, 2.24) is 4.72 Å². The predicted molar refractivity (Wildman–Crippen MR) is 140 cm³/mol. The number of aliphatic hydroxyl groups excluding tert-OH is 1. The Morgan fingerprint density at radius 2 is 1.63 bits per heavy atom. The quantitative estimate of drug-likeness (QED) is 0.277. The lowest BCUT2D eigenvalue weighted by molar-refractivity contribution is -0.124. The first-order valence-electron chi connectivity index (χ1n) is 12.0. The summed E-state index contributed by atoms with van der Waals surface area (Å²) >= 11 is 0. The minimum atomic E-state index is -4.08. The molecule has 9 heteroatoms. The number of carbonyl (C=O) groups excluding carboxylic acids is 1. The van der Waals surface area contributed by atoms with Crippen molar-refractivity contribution >= 4 is 24.2 Å². The maximum atomic E-state index is 13.3. The second kappa shape index (κ2) is 12.2. The first kappa shape index (κ1) is 29.0. The van der Waals surface area contributed by atoms with E-state index in [1.807, 2.05) is 6.92 Å². The molecule has 2 rings (SSSR count). The molecule has 0 radical (unpaired) electrons. The Morgan fingerprint density at radius 3 is 2.11 bits per heavy atom. The van der Waals surface area contributed by atoms with E-state index in [4.69, 9.17) is 8.84 Å². The lowest BCUT2D eigenvalue weighted by Gasteiger charge is -2.43. The van der Waals surface area contributed by atoms with Crippen molar-refractivity contribution in [3.05, 3.63) is 66.1 Å². The van der Waals surface area contributed by atoms with E-state index < -0.39 is 36.5 Å². The van der Waals surface area contributed by atoms with E-state index in [2.05, 4.69) is 46.3 Å². The molecule has 1 aromatic carbocycles. The van der Waals surface area contributed by atoms with Crippen LogP contribution in [0.5, 0.6) is 0 Å². The summed E-state index contributed by atoms with van der Waals surface area (Å²) in [5.74, 6) is -0.345. The molecule has 194 valence electrons. The van der Waals surface area contributed by atoms with Crippen LogP contribution in [0.25, 0.3) is 0 Å². The number of hydrogen-bond acceptors (Lipinski definition) is 6. The van der Waals surface area contributed by atoms with Crippen molar-refractivity contribution in [1.29, 1.82) is 0 Å². The van der Waals surface area contributed by atoms with Gasteiger partial charge in [0.05, 0.1) is 11.2 Å². The van der Waals surface area contributed by atoms with Gasteiger partial charge in [-0.05, 0) is 54.2 Å². The molecule has 0 aliphatic carbocycles. The standard InChI is InChI=1S/C26H39NO6SSi/c1-18(2)35(19(3)4,20(5)6)33-25(11-8-10-23(28)24-12-9-17-32-24)26(29)27-34(30,31)22-15-13-21(7)14-16-22/h8-9,11-20,23,25,28H,10H2,1-7H3,(H,27,29)/b11-8-/t23-,25+/m0/s1. The molecule has 0 aliphatic heterocycles. The first-order chi connectivity index (χ1) is 16.3. The zero-order valence-electron chi connectivity index (χ0n) is 21.7. The third-order valence-electron chi connectivity index (χ3n) is 6.40. The predicted octanol–water partition coefficient (Wildman–Crippen LogP) is 5.63. The van der Waals surface area contributed by atoms with Crippen LogP contribution in [0.3, 0.4) is 0 Å². The van der Waals surface area contributed by atoms with Crippen LogP contribution in [0.1, 0.15) is 65.4 Å². The highest BCUT2D eigenvalue weighted by atomic mass is 32.2.